The highest BCUT2D eigenvalue weighted by atomic mass is 79.9. The Kier molecular flexibility index (Phi) is 5.55. The van der Waals surface area contributed by atoms with Gasteiger partial charge in [0.05, 0.1) is 6.20 Å². The zero-order chi connectivity index (χ0) is 19.6. The van der Waals surface area contributed by atoms with E-state index in [4.69, 9.17) is 0 Å². The molecule has 1 aromatic carbocycles. The maximum atomic E-state index is 12.4. The fourth-order valence-electron chi connectivity index (χ4n) is 2.76. The highest BCUT2D eigenvalue weighted by Crippen LogP contribution is 2.20. The molecule has 3 aromatic rings. The maximum Gasteiger partial charge on any atom is 0.256 e. The molecule has 0 atom stereocenters. The molecule has 2 amide bonds. The second kappa shape index (κ2) is 7.87. The summed E-state index contributed by atoms with van der Waals surface area (Å²) in [5.74, 6) is -0.463. The molecular formula is C19H20BrN5O2. The van der Waals surface area contributed by atoms with Crippen LogP contribution in [0.2, 0.25) is 0 Å². The Morgan fingerprint density at radius 2 is 1.96 bits per heavy atom. The number of halogens is 1. The number of amides is 2. The molecule has 0 bridgehead atoms. The molecule has 2 aromatic heterocycles. The quantitative estimate of drug-likeness (QED) is 0.651. The summed E-state index contributed by atoms with van der Waals surface area (Å²) in [4.78, 5) is 29.0. The number of anilines is 1. The summed E-state index contributed by atoms with van der Waals surface area (Å²) in [5, 5.41) is 9.82. The number of rotatable bonds is 5. The summed E-state index contributed by atoms with van der Waals surface area (Å²) in [6.45, 7) is 5.92. The SMILES string of the molecule is Cc1cc(C)n2ncc(C(=O)NCCC(=O)Nc3cc(Br)ccc3C)c2n1. The summed E-state index contributed by atoms with van der Waals surface area (Å²) in [6.07, 6.45) is 1.66. The van der Waals surface area contributed by atoms with Crippen LogP contribution >= 0.6 is 15.9 Å². The Hall–Kier alpha value is -2.74. The molecule has 0 spiro atoms. The first-order chi connectivity index (χ1) is 12.8. The number of hydrogen-bond acceptors (Lipinski definition) is 4. The number of aromatic nitrogens is 3. The summed E-state index contributed by atoms with van der Waals surface area (Å²) < 4.78 is 2.52. The van der Waals surface area contributed by atoms with Crippen molar-refractivity contribution in [2.75, 3.05) is 11.9 Å². The van der Waals surface area contributed by atoms with Crippen LogP contribution in [0.15, 0.2) is 34.9 Å². The van der Waals surface area contributed by atoms with E-state index in [9.17, 15) is 9.59 Å². The molecule has 0 aliphatic rings. The van der Waals surface area contributed by atoms with E-state index in [1.54, 1.807) is 4.52 Å². The number of benzene rings is 1. The van der Waals surface area contributed by atoms with E-state index in [-0.39, 0.29) is 24.8 Å². The summed E-state index contributed by atoms with van der Waals surface area (Å²) in [6, 6.07) is 7.58. The van der Waals surface area contributed by atoms with Gasteiger partial charge in [-0.05, 0) is 44.5 Å². The predicted octanol–water partition coefficient (Wildman–Crippen LogP) is 3.18. The predicted molar refractivity (Wildman–Crippen MR) is 107 cm³/mol. The van der Waals surface area contributed by atoms with Crippen molar-refractivity contribution in [2.45, 2.75) is 27.2 Å². The van der Waals surface area contributed by atoms with Crippen LogP contribution in [0.1, 0.15) is 33.7 Å². The van der Waals surface area contributed by atoms with E-state index < -0.39 is 0 Å². The van der Waals surface area contributed by atoms with Crippen molar-refractivity contribution in [1.82, 2.24) is 19.9 Å². The number of carbonyl (C=O) groups excluding carboxylic acids is 2. The number of fused-ring (bicyclic) bond motifs is 1. The monoisotopic (exact) mass is 429 g/mol. The van der Waals surface area contributed by atoms with E-state index in [0.29, 0.717) is 11.2 Å². The number of nitrogens with zero attached hydrogens (tertiary/aromatic N) is 3. The van der Waals surface area contributed by atoms with Crippen molar-refractivity contribution >= 4 is 39.1 Å². The van der Waals surface area contributed by atoms with Crippen molar-refractivity contribution in [3.05, 3.63) is 57.4 Å². The molecule has 0 unspecified atom stereocenters. The number of carbonyl (C=O) groups is 2. The second-order valence-corrected chi connectivity index (χ2v) is 7.26. The van der Waals surface area contributed by atoms with Gasteiger partial charge in [-0.2, -0.15) is 5.10 Å². The fourth-order valence-corrected chi connectivity index (χ4v) is 3.12. The molecule has 0 saturated heterocycles. The van der Waals surface area contributed by atoms with Crippen LogP contribution in [0.5, 0.6) is 0 Å². The average Bonchev–Trinajstić information content (AvgIpc) is 3.02. The van der Waals surface area contributed by atoms with Crippen molar-refractivity contribution in [3.63, 3.8) is 0 Å². The number of nitrogens with one attached hydrogen (secondary N) is 2. The largest absolute Gasteiger partial charge is 0.351 e. The normalized spacial score (nSPS) is 10.8. The summed E-state index contributed by atoms with van der Waals surface area (Å²) >= 11 is 3.39. The fraction of sp³-hybridized carbons (Fsp3) is 0.263. The van der Waals surface area contributed by atoms with Gasteiger partial charge in [-0.15, -0.1) is 0 Å². The van der Waals surface area contributed by atoms with Crippen molar-refractivity contribution < 1.29 is 9.59 Å². The molecule has 2 heterocycles. The molecule has 0 fully saturated rings. The van der Waals surface area contributed by atoms with Crippen LogP contribution in [0, 0.1) is 20.8 Å². The van der Waals surface area contributed by atoms with E-state index in [1.165, 1.54) is 6.20 Å². The lowest BCUT2D eigenvalue weighted by molar-refractivity contribution is -0.116. The van der Waals surface area contributed by atoms with Crippen molar-refractivity contribution in [3.8, 4) is 0 Å². The van der Waals surface area contributed by atoms with E-state index >= 15 is 0 Å². The van der Waals surface area contributed by atoms with Crippen LogP contribution in [0.25, 0.3) is 5.65 Å². The number of hydrogen-bond donors (Lipinski definition) is 2. The lowest BCUT2D eigenvalue weighted by atomic mass is 10.2. The average molecular weight is 430 g/mol. The minimum atomic E-state index is -0.297. The molecule has 0 radical (unpaired) electrons. The van der Waals surface area contributed by atoms with Gasteiger partial charge >= 0.3 is 0 Å². The third-order valence-electron chi connectivity index (χ3n) is 4.13. The zero-order valence-electron chi connectivity index (χ0n) is 15.3. The first-order valence-electron chi connectivity index (χ1n) is 8.51. The molecule has 3 rings (SSSR count). The Labute approximate surface area is 165 Å². The van der Waals surface area contributed by atoms with Gasteiger partial charge < -0.3 is 10.6 Å². The molecule has 140 valence electrons. The lowest BCUT2D eigenvalue weighted by Crippen LogP contribution is -2.27. The number of aryl methyl sites for hydroxylation is 3. The van der Waals surface area contributed by atoms with Crippen LogP contribution in [0.4, 0.5) is 5.69 Å². The molecule has 0 aliphatic carbocycles. The van der Waals surface area contributed by atoms with Crippen LogP contribution in [-0.4, -0.2) is 33.0 Å². The highest BCUT2D eigenvalue weighted by Gasteiger charge is 2.15. The van der Waals surface area contributed by atoms with Gasteiger partial charge in [-0.3, -0.25) is 9.59 Å². The van der Waals surface area contributed by atoms with E-state index in [0.717, 1.165) is 27.1 Å². The van der Waals surface area contributed by atoms with E-state index in [2.05, 4.69) is 36.6 Å². The summed E-state index contributed by atoms with van der Waals surface area (Å²) in [5.41, 5.74) is 4.35. The van der Waals surface area contributed by atoms with Crippen LogP contribution < -0.4 is 10.6 Å². The van der Waals surface area contributed by atoms with Gasteiger partial charge in [0.1, 0.15) is 5.56 Å². The van der Waals surface area contributed by atoms with Crippen LogP contribution in [-0.2, 0) is 4.79 Å². The first-order valence-corrected chi connectivity index (χ1v) is 9.30. The molecule has 7 nitrogen and oxygen atoms in total. The standard InChI is InChI=1S/C19H20BrN5O2/c1-11-4-5-14(20)9-16(11)24-17(26)6-7-21-19(27)15-10-22-25-13(3)8-12(2)23-18(15)25/h4-5,8-10H,6-7H2,1-3H3,(H,21,27)(H,24,26). The topological polar surface area (TPSA) is 88.4 Å². The second-order valence-electron chi connectivity index (χ2n) is 6.35. The lowest BCUT2D eigenvalue weighted by Gasteiger charge is -2.09. The molecular weight excluding hydrogens is 410 g/mol. The highest BCUT2D eigenvalue weighted by molar-refractivity contribution is 9.10. The van der Waals surface area contributed by atoms with Gasteiger partial charge in [0.25, 0.3) is 5.91 Å². The summed E-state index contributed by atoms with van der Waals surface area (Å²) in [7, 11) is 0. The first kappa shape index (κ1) is 19.0. The minimum absolute atomic E-state index is 0.166. The van der Waals surface area contributed by atoms with Crippen LogP contribution in [0.3, 0.4) is 0 Å². The van der Waals surface area contributed by atoms with E-state index in [1.807, 2.05) is 45.0 Å². The third kappa shape index (κ3) is 4.33. The Bertz CT molecular complexity index is 1030. The maximum absolute atomic E-state index is 12.4. The zero-order valence-corrected chi connectivity index (χ0v) is 16.9. The molecule has 27 heavy (non-hydrogen) atoms. The molecule has 0 saturated carbocycles. The van der Waals surface area contributed by atoms with Gasteiger partial charge in [0.15, 0.2) is 5.65 Å². The molecule has 2 N–H and O–H groups in total. The van der Waals surface area contributed by atoms with Crippen molar-refractivity contribution in [1.29, 1.82) is 0 Å². The Balaban J connectivity index is 1.60. The van der Waals surface area contributed by atoms with Gasteiger partial charge in [-0.25, -0.2) is 9.50 Å². The van der Waals surface area contributed by atoms with Gasteiger partial charge in [0.2, 0.25) is 5.91 Å². The Morgan fingerprint density at radius 3 is 2.74 bits per heavy atom. The third-order valence-corrected chi connectivity index (χ3v) is 4.63. The molecule has 0 aliphatic heterocycles. The minimum Gasteiger partial charge on any atom is -0.351 e. The van der Waals surface area contributed by atoms with Crippen molar-refractivity contribution in [2.24, 2.45) is 0 Å². The van der Waals surface area contributed by atoms with Gasteiger partial charge in [0, 0.05) is 34.5 Å². The molecule has 8 heteroatoms. The Morgan fingerprint density at radius 1 is 1.19 bits per heavy atom. The smallest absolute Gasteiger partial charge is 0.256 e. The van der Waals surface area contributed by atoms with Gasteiger partial charge in [-0.1, -0.05) is 22.0 Å².